The number of aromatic nitrogens is 1. The van der Waals surface area contributed by atoms with Crippen molar-refractivity contribution in [2.24, 2.45) is 0 Å². The second-order valence-corrected chi connectivity index (χ2v) is 9.99. The van der Waals surface area contributed by atoms with Crippen molar-refractivity contribution in [3.63, 3.8) is 0 Å². The lowest BCUT2D eigenvalue weighted by Gasteiger charge is -2.14. The third-order valence-corrected chi connectivity index (χ3v) is 6.67. The summed E-state index contributed by atoms with van der Waals surface area (Å²) in [4.78, 5) is 17.7. The van der Waals surface area contributed by atoms with Gasteiger partial charge in [0.15, 0.2) is 9.84 Å². The van der Waals surface area contributed by atoms with E-state index in [9.17, 15) is 13.2 Å². The van der Waals surface area contributed by atoms with Crippen molar-refractivity contribution in [1.82, 2.24) is 4.98 Å². The number of nitrogens with one attached hydrogen (secondary N) is 1. The SMILES string of the molecule is COc1ccc(-c2cc(S(C)(=O)=O)ccc2C(=O)Nc2ccc(Cl)c(-c3ccccn3)c2)cc1. The van der Waals surface area contributed by atoms with E-state index < -0.39 is 9.84 Å². The van der Waals surface area contributed by atoms with Gasteiger partial charge in [-0.25, -0.2) is 8.42 Å². The minimum absolute atomic E-state index is 0.124. The van der Waals surface area contributed by atoms with Crippen LogP contribution in [0.25, 0.3) is 22.4 Å². The molecule has 0 saturated carbocycles. The number of benzene rings is 3. The average Bonchev–Trinajstić information content (AvgIpc) is 2.85. The van der Waals surface area contributed by atoms with Crippen molar-refractivity contribution >= 4 is 33.0 Å². The summed E-state index contributed by atoms with van der Waals surface area (Å²) in [5.74, 6) is 0.261. The molecule has 0 aliphatic carbocycles. The summed E-state index contributed by atoms with van der Waals surface area (Å²) < 4.78 is 29.5. The van der Waals surface area contributed by atoms with Crippen LogP contribution in [0.1, 0.15) is 10.4 Å². The zero-order valence-corrected chi connectivity index (χ0v) is 20.0. The molecular weight excluding hydrogens is 472 g/mol. The number of rotatable bonds is 6. The van der Waals surface area contributed by atoms with Crippen LogP contribution in [0.2, 0.25) is 5.02 Å². The zero-order valence-electron chi connectivity index (χ0n) is 18.4. The predicted molar refractivity (Wildman–Crippen MR) is 134 cm³/mol. The van der Waals surface area contributed by atoms with Crippen molar-refractivity contribution in [2.45, 2.75) is 4.90 Å². The molecule has 1 amide bonds. The van der Waals surface area contributed by atoms with Crippen LogP contribution in [-0.4, -0.2) is 32.7 Å². The molecule has 0 spiro atoms. The van der Waals surface area contributed by atoms with E-state index in [0.29, 0.717) is 44.4 Å². The second kappa shape index (κ2) is 9.67. The molecule has 172 valence electrons. The summed E-state index contributed by atoms with van der Waals surface area (Å²) in [5, 5.41) is 3.39. The van der Waals surface area contributed by atoms with Gasteiger partial charge in [0.05, 0.1) is 22.7 Å². The molecule has 0 saturated heterocycles. The molecule has 0 bridgehead atoms. The van der Waals surface area contributed by atoms with E-state index in [4.69, 9.17) is 16.3 Å². The molecular formula is C26H21ClN2O4S. The maximum atomic E-state index is 13.3. The van der Waals surface area contributed by atoms with Gasteiger partial charge >= 0.3 is 0 Å². The molecule has 8 heteroatoms. The van der Waals surface area contributed by atoms with Gasteiger partial charge in [-0.2, -0.15) is 0 Å². The van der Waals surface area contributed by atoms with Gasteiger partial charge in [-0.1, -0.05) is 29.8 Å². The average molecular weight is 493 g/mol. The monoisotopic (exact) mass is 492 g/mol. The van der Waals surface area contributed by atoms with Gasteiger partial charge in [-0.3, -0.25) is 9.78 Å². The van der Waals surface area contributed by atoms with Crippen molar-refractivity contribution in [2.75, 3.05) is 18.7 Å². The van der Waals surface area contributed by atoms with Gasteiger partial charge in [0.2, 0.25) is 0 Å². The van der Waals surface area contributed by atoms with Crippen molar-refractivity contribution in [3.05, 3.63) is 95.6 Å². The Morgan fingerprint density at radius 2 is 1.71 bits per heavy atom. The molecule has 6 nitrogen and oxygen atoms in total. The van der Waals surface area contributed by atoms with Crippen molar-refractivity contribution in [3.8, 4) is 28.1 Å². The van der Waals surface area contributed by atoms with Crippen LogP contribution < -0.4 is 10.1 Å². The Morgan fingerprint density at radius 3 is 2.35 bits per heavy atom. The Bertz CT molecular complexity index is 1450. The van der Waals surface area contributed by atoms with Crippen LogP contribution in [0.4, 0.5) is 5.69 Å². The Hall–Kier alpha value is -3.68. The molecule has 0 aliphatic rings. The van der Waals surface area contributed by atoms with Gasteiger partial charge in [-0.15, -0.1) is 0 Å². The highest BCUT2D eigenvalue weighted by atomic mass is 35.5. The summed E-state index contributed by atoms with van der Waals surface area (Å²) in [6.07, 6.45) is 2.80. The summed E-state index contributed by atoms with van der Waals surface area (Å²) >= 11 is 6.35. The maximum Gasteiger partial charge on any atom is 0.256 e. The highest BCUT2D eigenvalue weighted by Crippen LogP contribution is 2.31. The number of amides is 1. The normalized spacial score (nSPS) is 11.1. The number of hydrogen-bond acceptors (Lipinski definition) is 5. The minimum atomic E-state index is -3.47. The van der Waals surface area contributed by atoms with Crippen LogP contribution in [0, 0.1) is 0 Å². The second-order valence-electron chi connectivity index (χ2n) is 7.57. The van der Waals surface area contributed by atoms with Crippen molar-refractivity contribution in [1.29, 1.82) is 0 Å². The summed E-state index contributed by atoms with van der Waals surface area (Å²) in [7, 11) is -1.91. The number of carbonyl (C=O) groups is 1. The number of anilines is 1. The van der Waals surface area contributed by atoms with E-state index in [-0.39, 0.29) is 10.8 Å². The third-order valence-electron chi connectivity index (χ3n) is 5.23. The first-order valence-corrected chi connectivity index (χ1v) is 12.5. The molecule has 4 aromatic rings. The topological polar surface area (TPSA) is 85.4 Å². The van der Waals surface area contributed by atoms with Crippen LogP contribution in [-0.2, 0) is 9.84 Å². The fourth-order valence-electron chi connectivity index (χ4n) is 3.48. The molecule has 1 N–H and O–H groups in total. The minimum Gasteiger partial charge on any atom is -0.497 e. The van der Waals surface area contributed by atoms with Gasteiger partial charge in [0.25, 0.3) is 5.91 Å². The highest BCUT2D eigenvalue weighted by Gasteiger charge is 2.18. The van der Waals surface area contributed by atoms with Crippen LogP contribution in [0.15, 0.2) is 90.0 Å². The Balaban J connectivity index is 1.73. The Labute approximate surface area is 203 Å². The van der Waals surface area contributed by atoms with E-state index in [0.717, 1.165) is 6.26 Å². The van der Waals surface area contributed by atoms with E-state index in [2.05, 4.69) is 10.3 Å². The number of sulfone groups is 1. The van der Waals surface area contributed by atoms with Gasteiger partial charge in [0, 0.05) is 29.3 Å². The number of carbonyl (C=O) groups excluding carboxylic acids is 1. The van der Waals surface area contributed by atoms with Gasteiger partial charge in [0.1, 0.15) is 5.75 Å². The number of methoxy groups -OCH3 is 1. The summed E-state index contributed by atoms with van der Waals surface area (Å²) in [6.45, 7) is 0. The van der Waals surface area contributed by atoms with E-state index in [1.165, 1.54) is 18.2 Å². The van der Waals surface area contributed by atoms with E-state index in [1.807, 2.05) is 18.2 Å². The molecule has 0 fully saturated rings. The molecule has 4 rings (SSSR count). The largest absolute Gasteiger partial charge is 0.497 e. The molecule has 1 heterocycles. The molecule has 0 atom stereocenters. The fraction of sp³-hybridized carbons (Fsp3) is 0.0769. The van der Waals surface area contributed by atoms with E-state index in [1.54, 1.807) is 55.8 Å². The number of hydrogen-bond donors (Lipinski definition) is 1. The summed E-state index contributed by atoms with van der Waals surface area (Å²) in [5.41, 5.74) is 3.39. The molecule has 1 aromatic heterocycles. The molecule has 0 radical (unpaired) electrons. The lowest BCUT2D eigenvalue weighted by atomic mass is 9.99. The molecule has 3 aromatic carbocycles. The van der Waals surface area contributed by atoms with Crippen LogP contribution in [0.3, 0.4) is 0 Å². The maximum absolute atomic E-state index is 13.3. The zero-order chi connectivity index (χ0) is 24.3. The lowest BCUT2D eigenvalue weighted by Crippen LogP contribution is -2.14. The van der Waals surface area contributed by atoms with Crippen molar-refractivity contribution < 1.29 is 17.9 Å². The van der Waals surface area contributed by atoms with E-state index >= 15 is 0 Å². The molecule has 34 heavy (non-hydrogen) atoms. The fourth-order valence-corrected chi connectivity index (χ4v) is 4.34. The number of pyridine rings is 1. The van der Waals surface area contributed by atoms with Gasteiger partial charge < -0.3 is 10.1 Å². The van der Waals surface area contributed by atoms with Crippen LogP contribution >= 0.6 is 11.6 Å². The van der Waals surface area contributed by atoms with Crippen LogP contribution in [0.5, 0.6) is 5.75 Å². The number of ether oxygens (including phenoxy) is 1. The Morgan fingerprint density at radius 1 is 0.941 bits per heavy atom. The summed E-state index contributed by atoms with van der Waals surface area (Å²) in [6, 6.07) is 22.1. The first-order valence-electron chi connectivity index (χ1n) is 10.3. The Kier molecular flexibility index (Phi) is 6.68. The highest BCUT2D eigenvalue weighted by molar-refractivity contribution is 7.90. The molecule has 0 aliphatic heterocycles. The first kappa shape index (κ1) is 23.5. The quantitative estimate of drug-likeness (QED) is 0.371. The lowest BCUT2D eigenvalue weighted by molar-refractivity contribution is 0.102. The predicted octanol–water partition coefficient (Wildman–Crippen LogP) is 5.73. The first-order chi connectivity index (χ1) is 16.3. The smallest absolute Gasteiger partial charge is 0.256 e. The third kappa shape index (κ3) is 5.11. The standard InChI is InChI=1S/C26H21ClN2O4S/c1-33-19-9-6-17(7-10-19)22-16-20(34(2,31)32)11-12-21(22)26(30)29-18-8-13-24(27)23(15-18)25-5-3-4-14-28-25/h3-16H,1-2H3,(H,29,30). The number of halogens is 1. The molecule has 0 unspecified atom stereocenters. The number of nitrogens with zero attached hydrogens (tertiary/aromatic N) is 1. The van der Waals surface area contributed by atoms with Gasteiger partial charge in [-0.05, 0) is 71.8 Å².